The third-order valence-corrected chi connectivity index (χ3v) is 10.5. The molecular weight excluding hydrogens is 354 g/mol. The number of hydrogen-bond acceptors (Lipinski definition) is 0. The SMILES string of the molecule is CCCCCCCC[CH2][Ba][CH2]CCCCCCCC. The van der Waals surface area contributed by atoms with E-state index in [2.05, 4.69) is 13.8 Å². The molecule has 0 aromatic carbocycles. The van der Waals surface area contributed by atoms with Gasteiger partial charge in [0.1, 0.15) is 0 Å². The Morgan fingerprint density at radius 3 is 1.11 bits per heavy atom. The van der Waals surface area contributed by atoms with Gasteiger partial charge in [0.05, 0.1) is 0 Å². The Morgan fingerprint density at radius 2 is 0.737 bits per heavy atom. The van der Waals surface area contributed by atoms with Crippen molar-refractivity contribution in [3.63, 3.8) is 0 Å². The van der Waals surface area contributed by atoms with E-state index in [1.165, 1.54) is 64.2 Å². The molecule has 0 saturated carbocycles. The van der Waals surface area contributed by atoms with E-state index in [-0.39, 0.29) is 44.2 Å². The van der Waals surface area contributed by atoms with Crippen LogP contribution in [-0.4, -0.2) is 44.2 Å². The molecule has 0 aliphatic heterocycles. The zero-order valence-corrected chi connectivity index (χ0v) is 18.5. The molecule has 0 N–H and O–H groups in total. The van der Waals surface area contributed by atoms with E-state index in [0.717, 1.165) is 0 Å². The van der Waals surface area contributed by atoms with Gasteiger partial charge < -0.3 is 0 Å². The summed E-state index contributed by atoms with van der Waals surface area (Å²) < 4.78 is 3.42. The van der Waals surface area contributed by atoms with Crippen LogP contribution >= 0.6 is 0 Å². The van der Waals surface area contributed by atoms with Crippen molar-refractivity contribution in [2.75, 3.05) is 0 Å². The molecule has 0 saturated heterocycles. The molecule has 0 aromatic rings. The maximum absolute atomic E-state index is 2.30. The van der Waals surface area contributed by atoms with Crippen LogP contribution in [0.3, 0.4) is 0 Å². The first-order valence-corrected chi connectivity index (χ1v) is 15.7. The molecule has 0 bridgehead atoms. The van der Waals surface area contributed by atoms with Crippen molar-refractivity contribution in [2.45, 2.75) is 106 Å². The minimum absolute atomic E-state index is 0.376. The third-order valence-electron chi connectivity index (χ3n) is 4.21. The van der Waals surface area contributed by atoms with Crippen molar-refractivity contribution in [3.8, 4) is 0 Å². The summed E-state index contributed by atoms with van der Waals surface area (Å²) in [6.07, 6.45) is 21.0. The monoisotopic (exact) mass is 392 g/mol. The Bertz CT molecular complexity index is 129. The van der Waals surface area contributed by atoms with Gasteiger partial charge in [0.2, 0.25) is 0 Å². The van der Waals surface area contributed by atoms with E-state index in [0.29, 0.717) is 0 Å². The van der Waals surface area contributed by atoms with Gasteiger partial charge in [0, 0.05) is 0 Å². The molecule has 0 amide bonds. The molecule has 0 rings (SSSR count). The van der Waals surface area contributed by atoms with Crippen LogP contribution in [0.25, 0.3) is 0 Å². The van der Waals surface area contributed by atoms with E-state index in [4.69, 9.17) is 0 Å². The first-order valence-electron chi connectivity index (χ1n) is 9.41. The van der Waals surface area contributed by atoms with E-state index >= 15 is 0 Å². The predicted octanol–water partition coefficient (Wildman–Crippen LogP) is 7.03. The van der Waals surface area contributed by atoms with Gasteiger partial charge in [-0.3, -0.25) is 0 Å². The topological polar surface area (TPSA) is 0 Å². The number of rotatable bonds is 16. The van der Waals surface area contributed by atoms with Crippen molar-refractivity contribution < 1.29 is 0 Å². The number of unbranched alkanes of at least 4 members (excludes halogenated alkanes) is 12. The minimum atomic E-state index is -0.376. The van der Waals surface area contributed by atoms with E-state index in [1.54, 1.807) is 27.5 Å². The fourth-order valence-corrected chi connectivity index (χ4v) is 8.35. The van der Waals surface area contributed by atoms with E-state index < -0.39 is 0 Å². The maximum atomic E-state index is 2.30. The van der Waals surface area contributed by atoms with Crippen LogP contribution < -0.4 is 0 Å². The molecule has 19 heavy (non-hydrogen) atoms. The van der Waals surface area contributed by atoms with Crippen LogP contribution in [0.1, 0.15) is 104 Å². The van der Waals surface area contributed by atoms with E-state index in [1.807, 2.05) is 0 Å². The van der Waals surface area contributed by atoms with Crippen molar-refractivity contribution in [1.82, 2.24) is 0 Å². The molecule has 0 heterocycles. The Hall–Kier alpha value is 1.57. The summed E-state index contributed by atoms with van der Waals surface area (Å²) in [6.45, 7) is 4.61. The van der Waals surface area contributed by atoms with Gasteiger partial charge in [-0.2, -0.15) is 0 Å². The second-order valence-corrected chi connectivity index (χ2v) is 13.0. The summed E-state index contributed by atoms with van der Waals surface area (Å²) in [5.74, 6) is 0. The molecule has 1 heteroatoms. The van der Waals surface area contributed by atoms with Gasteiger partial charge in [0.25, 0.3) is 0 Å². The second kappa shape index (κ2) is 19.6. The van der Waals surface area contributed by atoms with Crippen molar-refractivity contribution in [2.24, 2.45) is 0 Å². The fraction of sp³-hybridized carbons (Fsp3) is 1.00. The molecule has 0 unspecified atom stereocenters. The Labute approximate surface area is 148 Å². The molecule has 112 valence electrons. The van der Waals surface area contributed by atoms with Crippen LogP contribution in [0.4, 0.5) is 0 Å². The molecule has 0 spiro atoms. The Kier molecular flexibility index (Phi) is 21.2. The number of hydrogen-bond donors (Lipinski definition) is 0. The summed E-state index contributed by atoms with van der Waals surface area (Å²) in [6, 6.07) is 0. The normalized spacial score (nSPS) is 10.6. The quantitative estimate of drug-likeness (QED) is 0.196. The molecule has 0 fully saturated rings. The van der Waals surface area contributed by atoms with Crippen LogP contribution in [0.15, 0.2) is 0 Å². The summed E-state index contributed by atoms with van der Waals surface area (Å²) >= 11 is -0.376. The third kappa shape index (κ3) is 19.6. The molecule has 0 aliphatic carbocycles. The Morgan fingerprint density at radius 1 is 0.421 bits per heavy atom. The molecule has 0 atom stereocenters. The summed E-state index contributed by atoms with van der Waals surface area (Å²) in [4.78, 5) is 0. The van der Waals surface area contributed by atoms with Gasteiger partial charge in [-0.15, -0.1) is 0 Å². The molecule has 0 nitrogen and oxygen atoms in total. The predicted molar refractivity (Wildman–Crippen MR) is 91.4 cm³/mol. The first-order chi connectivity index (χ1) is 9.41. The van der Waals surface area contributed by atoms with Crippen LogP contribution in [0, 0.1) is 0 Å². The molecule has 0 aromatic heterocycles. The zero-order chi connectivity index (χ0) is 14.0. The van der Waals surface area contributed by atoms with Crippen LogP contribution in [0.2, 0.25) is 1.78 Å². The van der Waals surface area contributed by atoms with Crippen molar-refractivity contribution in [1.29, 1.82) is 0 Å². The Balaban J connectivity index is 2.88. The molecule has 0 radical (unpaired) electrons. The average molecular weight is 392 g/mol. The summed E-state index contributed by atoms with van der Waals surface area (Å²) in [5.41, 5.74) is 0. The average Bonchev–Trinajstić information content (AvgIpc) is 2.43. The van der Waals surface area contributed by atoms with Crippen LogP contribution in [-0.2, 0) is 0 Å². The standard InChI is InChI=1S/2C9H19.Ba/c2*1-3-5-7-9-8-6-4-2;/h2*1,3-9H2,2H3;. The summed E-state index contributed by atoms with van der Waals surface area (Å²) in [7, 11) is 0. The van der Waals surface area contributed by atoms with Crippen molar-refractivity contribution >= 4 is 44.2 Å². The van der Waals surface area contributed by atoms with Gasteiger partial charge in [-0.05, 0) is 0 Å². The van der Waals surface area contributed by atoms with Gasteiger partial charge in [0.15, 0.2) is 0 Å². The van der Waals surface area contributed by atoms with Crippen LogP contribution in [0.5, 0.6) is 0 Å². The summed E-state index contributed by atoms with van der Waals surface area (Å²) in [5, 5.41) is 0. The van der Waals surface area contributed by atoms with Gasteiger partial charge >= 0.3 is 150 Å². The second-order valence-electron chi connectivity index (χ2n) is 6.30. The first kappa shape index (κ1) is 20.6. The molecule has 0 aliphatic rings. The van der Waals surface area contributed by atoms with Gasteiger partial charge in [-0.25, -0.2) is 0 Å². The van der Waals surface area contributed by atoms with Gasteiger partial charge in [-0.1, -0.05) is 0 Å². The zero-order valence-electron chi connectivity index (χ0n) is 14.0. The fourth-order valence-electron chi connectivity index (χ4n) is 2.80. The molecular formula is C18H38Ba. The van der Waals surface area contributed by atoms with Crippen molar-refractivity contribution in [3.05, 3.63) is 0 Å². The van der Waals surface area contributed by atoms with E-state index in [9.17, 15) is 0 Å².